The second-order valence-electron chi connectivity index (χ2n) is 5.03. The highest BCUT2D eigenvalue weighted by Crippen LogP contribution is 2.25. The molecule has 0 atom stereocenters. The molecule has 1 aromatic heterocycles. The van der Waals surface area contributed by atoms with Crippen molar-refractivity contribution in [3.8, 4) is 0 Å². The molecule has 0 unspecified atom stereocenters. The van der Waals surface area contributed by atoms with Crippen molar-refractivity contribution in [2.45, 2.75) is 45.1 Å². The lowest BCUT2D eigenvalue weighted by molar-refractivity contribution is 0.0648. The lowest BCUT2D eigenvalue weighted by Gasteiger charge is -2.33. The lowest BCUT2D eigenvalue weighted by Crippen LogP contribution is -2.41. The molecule has 1 amide bonds. The molecule has 1 aromatic rings. The van der Waals surface area contributed by atoms with Gasteiger partial charge in [0.1, 0.15) is 5.82 Å². The van der Waals surface area contributed by atoms with Gasteiger partial charge in [0, 0.05) is 25.8 Å². The van der Waals surface area contributed by atoms with E-state index in [0.29, 0.717) is 17.4 Å². The van der Waals surface area contributed by atoms with Crippen LogP contribution in [0.4, 0.5) is 5.82 Å². The minimum atomic E-state index is 0.104. The molecule has 1 saturated carbocycles. The molecule has 0 saturated heterocycles. The third-order valence-corrected chi connectivity index (χ3v) is 3.89. The maximum atomic E-state index is 12.7. The van der Waals surface area contributed by atoms with Crippen LogP contribution in [0.2, 0.25) is 0 Å². The van der Waals surface area contributed by atoms with Gasteiger partial charge in [0.25, 0.3) is 5.91 Å². The van der Waals surface area contributed by atoms with Gasteiger partial charge in [-0.1, -0.05) is 19.3 Å². The molecule has 1 aliphatic rings. The molecule has 0 spiro atoms. The zero-order chi connectivity index (χ0) is 13.7. The summed E-state index contributed by atoms with van der Waals surface area (Å²) >= 11 is 0. The van der Waals surface area contributed by atoms with Crippen LogP contribution in [0.25, 0.3) is 0 Å². The molecule has 2 rings (SSSR count). The Hall–Kier alpha value is -1.58. The second-order valence-corrected chi connectivity index (χ2v) is 5.03. The van der Waals surface area contributed by atoms with Crippen molar-refractivity contribution >= 4 is 11.7 Å². The standard InChI is InChI=1S/C15H23N3O/c1-3-18(12-8-5-4-6-9-12)15(19)13-10-7-11-17-14(13)16-2/h7,10-12H,3-6,8-9H2,1-2H3,(H,16,17). The van der Waals surface area contributed by atoms with Crippen molar-refractivity contribution in [1.29, 1.82) is 0 Å². The molecule has 0 bridgehead atoms. The fourth-order valence-electron chi connectivity index (χ4n) is 2.89. The molecular weight excluding hydrogens is 238 g/mol. The van der Waals surface area contributed by atoms with Crippen molar-refractivity contribution in [3.63, 3.8) is 0 Å². The van der Waals surface area contributed by atoms with E-state index >= 15 is 0 Å². The van der Waals surface area contributed by atoms with Crippen molar-refractivity contribution in [2.75, 3.05) is 18.9 Å². The van der Waals surface area contributed by atoms with Gasteiger partial charge in [0.2, 0.25) is 0 Å². The molecule has 1 fully saturated rings. The van der Waals surface area contributed by atoms with Gasteiger partial charge in [-0.05, 0) is 31.9 Å². The molecule has 4 heteroatoms. The molecule has 0 radical (unpaired) electrons. The van der Waals surface area contributed by atoms with Gasteiger partial charge < -0.3 is 10.2 Å². The van der Waals surface area contributed by atoms with Crippen LogP contribution in [0.15, 0.2) is 18.3 Å². The first-order valence-corrected chi connectivity index (χ1v) is 7.21. The number of nitrogens with zero attached hydrogens (tertiary/aromatic N) is 2. The van der Waals surface area contributed by atoms with Crippen molar-refractivity contribution in [2.24, 2.45) is 0 Å². The summed E-state index contributed by atoms with van der Waals surface area (Å²) in [4.78, 5) is 18.9. The van der Waals surface area contributed by atoms with Crippen LogP contribution in [-0.4, -0.2) is 35.4 Å². The summed E-state index contributed by atoms with van der Waals surface area (Å²) in [6, 6.07) is 4.08. The van der Waals surface area contributed by atoms with E-state index in [1.54, 1.807) is 13.2 Å². The number of nitrogens with one attached hydrogen (secondary N) is 1. The van der Waals surface area contributed by atoms with E-state index in [1.165, 1.54) is 19.3 Å². The first-order chi connectivity index (χ1) is 9.27. The van der Waals surface area contributed by atoms with Crippen LogP contribution < -0.4 is 5.32 Å². The van der Waals surface area contributed by atoms with E-state index in [2.05, 4.69) is 17.2 Å². The van der Waals surface area contributed by atoms with Gasteiger partial charge in [-0.3, -0.25) is 4.79 Å². The molecule has 1 heterocycles. The van der Waals surface area contributed by atoms with Gasteiger partial charge in [-0.2, -0.15) is 0 Å². The predicted octanol–water partition coefficient (Wildman–Crippen LogP) is 2.92. The number of hydrogen-bond acceptors (Lipinski definition) is 3. The Morgan fingerprint density at radius 3 is 2.79 bits per heavy atom. The summed E-state index contributed by atoms with van der Waals surface area (Å²) in [6.07, 6.45) is 7.75. The highest BCUT2D eigenvalue weighted by atomic mass is 16.2. The fraction of sp³-hybridized carbons (Fsp3) is 0.600. The third-order valence-electron chi connectivity index (χ3n) is 3.89. The average Bonchev–Trinajstić information content (AvgIpc) is 2.49. The highest BCUT2D eigenvalue weighted by molar-refractivity contribution is 5.98. The van der Waals surface area contributed by atoms with E-state index in [4.69, 9.17) is 0 Å². The Labute approximate surface area is 115 Å². The Bertz CT molecular complexity index is 427. The van der Waals surface area contributed by atoms with Crippen molar-refractivity contribution in [1.82, 2.24) is 9.88 Å². The summed E-state index contributed by atoms with van der Waals surface area (Å²) in [7, 11) is 1.80. The van der Waals surface area contributed by atoms with E-state index in [9.17, 15) is 4.79 Å². The molecule has 4 nitrogen and oxygen atoms in total. The molecule has 1 N–H and O–H groups in total. The topological polar surface area (TPSA) is 45.2 Å². The van der Waals surface area contributed by atoms with Gasteiger partial charge >= 0.3 is 0 Å². The van der Waals surface area contributed by atoms with Crippen LogP contribution in [0.3, 0.4) is 0 Å². The molecule has 0 aliphatic heterocycles. The predicted molar refractivity (Wildman–Crippen MR) is 77.4 cm³/mol. The average molecular weight is 261 g/mol. The first-order valence-electron chi connectivity index (χ1n) is 7.21. The molecule has 1 aliphatic carbocycles. The van der Waals surface area contributed by atoms with Gasteiger partial charge in [-0.15, -0.1) is 0 Å². The zero-order valence-corrected chi connectivity index (χ0v) is 11.9. The normalized spacial score (nSPS) is 16.1. The highest BCUT2D eigenvalue weighted by Gasteiger charge is 2.26. The second kappa shape index (κ2) is 6.55. The quantitative estimate of drug-likeness (QED) is 0.906. The Morgan fingerprint density at radius 2 is 2.16 bits per heavy atom. The summed E-state index contributed by atoms with van der Waals surface area (Å²) in [5.41, 5.74) is 0.678. The largest absolute Gasteiger partial charge is 0.372 e. The number of rotatable bonds is 4. The van der Waals surface area contributed by atoms with E-state index in [-0.39, 0.29) is 5.91 Å². The van der Waals surface area contributed by atoms with Crippen LogP contribution >= 0.6 is 0 Å². The molecule has 0 aromatic carbocycles. The van der Waals surface area contributed by atoms with Crippen LogP contribution in [0.5, 0.6) is 0 Å². The van der Waals surface area contributed by atoms with Crippen LogP contribution in [0.1, 0.15) is 49.4 Å². The van der Waals surface area contributed by atoms with Gasteiger partial charge in [0.05, 0.1) is 5.56 Å². The van der Waals surface area contributed by atoms with Gasteiger partial charge in [0.15, 0.2) is 0 Å². The molecule has 104 valence electrons. The smallest absolute Gasteiger partial charge is 0.257 e. The molecule has 19 heavy (non-hydrogen) atoms. The number of carbonyl (C=O) groups excluding carboxylic acids is 1. The number of aromatic nitrogens is 1. The third kappa shape index (κ3) is 3.06. The number of hydrogen-bond donors (Lipinski definition) is 1. The summed E-state index contributed by atoms with van der Waals surface area (Å²) in [5.74, 6) is 0.772. The van der Waals surface area contributed by atoms with Crippen molar-refractivity contribution < 1.29 is 4.79 Å². The maximum Gasteiger partial charge on any atom is 0.257 e. The molecular formula is C15H23N3O. The Kier molecular flexibility index (Phi) is 4.77. The fourth-order valence-corrected chi connectivity index (χ4v) is 2.89. The minimum Gasteiger partial charge on any atom is -0.372 e. The number of anilines is 1. The minimum absolute atomic E-state index is 0.104. The SMILES string of the molecule is CCN(C(=O)c1cccnc1NC)C1CCCCC1. The van der Waals surface area contributed by atoms with Crippen molar-refractivity contribution in [3.05, 3.63) is 23.9 Å². The van der Waals surface area contributed by atoms with Crippen LogP contribution in [-0.2, 0) is 0 Å². The number of amides is 1. The summed E-state index contributed by atoms with van der Waals surface area (Å²) < 4.78 is 0. The monoisotopic (exact) mass is 261 g/mol. The Morgan fingerprint density at radius 1 is 1.42 bits per heavy atom. The lowest BCUT2D eigenvalue weighted by atomic mass is 9.93. The van der Waals surface area contributed by atoms with E-state index in [1.807, 2.05) is 17.0 Å². The van der Waals surface area contributed by atoms with Gasteiger partial charge in [-0.25, -0.2) is 4.98 Å². The maximum absolute atomic E-state index is 12.7. The Balaban J connectivity index is 2.19. The first kappa shape index (κ1) is 13.8. The number of carbonyl (C=O) groups is 1. The summed E-state index contributed by atoms with van der Waals surface area (Å²) in [5, 5.41) is 3.00. The van der Waals surface area contributed by atoms with E-state index in [0.717, 1.165) is 19.4 Å². The van der Waals surface area contributed by atoms with Crippen LogP contribution in [0, 0.1) is 0 Å². The number of pyridine rings is 1. The zero-order valence-electron chi connectivity index (χ0n) is 11.9. The summed E-state index contributed by atoms with van der Waals surface area (Å²) in [6.45, 7) is 2.82. The van der Waals surface area contributed by atoms with E-state index < -0.39 is 0 Å².